The maximum Gasteiger partial charge on any atom is 0.266 e. The van der Waals surface area contributed by atoms with Crippen LogP contribution in [0, 0.1) is 25.2 Å². The van der Waals surface area contributed by atoms with Gasteiger partial charge in [-0.2, -0.15) is 5.26 Å². The van der Waals surface area contributed by atoms with Gasteiger partial charge < -0.3 is 10.3 Å². The van der Waals surface area contributed by atoms with Gasteiger partial charge in [0.25, 0.3) is 5.56 Å². The predicted octanol–water partition coefficient (Wildman–Crippen LogP) is 0.718. The van der Waals surface area contributed by atoms with E-state index in [0.717, 1.165) is 5.56 Å². The molecule has 5 nitrogen and oxygen atoms in total. The molecular formula is C11H12ClN3O2. The highest BCUT2D eigenvalue weighted by Gasteiger charge is 2.12. The zero-order valence-electron chi connectivity index (χ0n) is 9.56. The number of H-pyrrole nitrogens is 1. The van der Waals surface area contributed by atoms with E-state index in [2.05, 4.69) is 10.3 Å². The summed E-state index contributed by atoms with van der Waals surface area (Å²) in [5, 5.41) is 11.5. The summed E-state index contributed by atoms with van der Waals surface area (Å²) in [5.41, 5.74) is 1.63. The summed E-state index contributed by atoms with van der Waals surface area (Å²) in [5.74, 6) is -0.415. The Hall–Kier alpha value is -1.80. The van der Waals surface area contributed by atoms with Crippen LogP contribution in [0.25, 0.3) is 0 Å². The van der Waals surface area contributed by atoms with Crippen LogP contribution in [0.2, 0.25) is 0 Å². The van der Waals surface area contributed by atoms with Gasteiger partial charge in [0, 0.05) is 12.2 Å². The summed E-state index contributed by atoms with van der Waals surface area (Å²) in [7, 11) is 0. The molecule has 0 aromatic carbocycles. The molecule has 0 aliphatic rings. The molecule has 1 amide bonds. The van der Waals surface area contributed by atoms with E-state index in [-0.39, 0.29) is 23.9 Å². The first-order valence-corrected chi connectivity index (χ1v) is 5.49. The van der Waals surface area contributed by atoms with Crippen LogP contribution in [0.1, 0.15) is 22.4 Å². The van der Waals surface area contributed by atoms with E-state index >= 15 is 0 Å². The van der Waals surface area contributed by atoms with Crippen LogP contribution in [0.5, 0.6) is 0 Å². The molecule has 0 spiro atoms. The quantitative estimate of drug-likeness (QED) is 0.779. The third kappa shape index (κ3) is 2.86. The van der Waals surface area contributed by atoms with E-state index in [4.69, 9.17) is 16.9 Å². The summed E-state index contributed by atoms with van der Waals surface area (Å²) in [4.78, 5) is 25.1. The van der Waals surface area contributed by atoms with Crippen LogP contribution >= 0.6 is 11.6 Å². The van der Waals surface area contributed by atoms with E-state index in [0.29, 0.717) is 11.3 Å². The number of carbonyl (C=O) groups is 1. The number of amides is 1. The first kappa shape index (κ1) is 13.3. The molecule has 0 atom stereocenters. The van der Waals surface area contributed by atoms with E-state index in [1.807, 2.05) is 6.07 Å². The van der Waals surface area contributed by atoms with Gasteiger partial charge in [0.15, 0.2) is 0 Å². The Balaban J connectivity index is 3.13. The number of alkyl halides is 1. The number of nitrogens with zero attached hydrogens (tertiary/aromatic N) is 1. The van der Waals surface area contributed by atoms with Crippen molar-refractivity contribution in [1.29, 1.82) is 5.26 Å². The molecule has 1 rings (SSSR count). The maximum atomic E-state index is 11.5. The van der Waals surface area contributed by atoms with E-state index < -0.39 is 5.56 Å². The average Bonchev–Trinajstić information content (AvgIpc) is 2.28. The molecule has 1 aromatic heterocycles. The average molecular weight is 254 g/mol. The molecule has 6 heteroatoms. The monoisotopic (exact) mass is 253 g/mol. The number of carbonyl (C=O) groups excluding carboxylic acids is 1. The molecule has 1 heterocycles. The van der Waals surface area contributed by atoms with Gasteiger partial charge in [0.1, 0.15) is 17.5 Å². The van der Waals surface area contributed by atoms with Gasteiger partial charge in [-0.15, -0.1) is 11.6 Å². The summed E-state index contributed by atoms with van der Waals surface area (Å²) < 4.78 is 0. The fourth-order valence-corrected chi connectivity index (χ4v) is 1.64. The second-order valence-electron chi connectivity index (χ2n) is 3.58. The molecule has 1 aromatic rings. The van der Waals surface area contributed by atoms with Crippen molar-refractivity contribution in [2.75, 3.05) is 5.88 Å². The lowest BCUT2D eigenvalue weighted by molar-refractivity contribution is -0.118. The summed E-state index contributed by atoms with van der Waals surface area (Å²) in [6.07, 6.45) is 0. The third-order valence-corrected chi connectivity index (χ3v) is 2.75. The highest BCUT2D eigenvalue weighted by Crippen LogP contribution is 2.12. The Bertz CT molecular complexity index is 543. The number of hydrogen-bond acceptors (Lipinski definition) is 3. The number of pyridine rings is 1. The van der Waals surface area contributed by atoms with Gasteiger partial charge in [-0.3, -0.25) is 9.59 Å². The minimum atomic E-state index is -0.407. The molecule has 0 unspecified atom stereocenters. The van der Waals surface area contributed by atoms with Crippen molar-refractivity contribution in [2.24, 2.45) is 0 Å². The molecular weight excluding hydrogens is 242 g/mol. The lowest BCUT2D eigenvalue weighted by Gasteiger charge is -2.11. The van der Waals surface area contributed by atoms with Crippen molar-refractivity contribution in [3.8, 4) is 6.07 Å². The van der Waals surface area contributed by atoms with E-state index in [1.165, 1.54) is 0 Å². The van der Waals surface area contributed by atoms with Gasteiger partial charge in [0.05, 0.1) is 0 Å². The number of aromatic nitrogens is 1. The lowest BCUT2D eigenvalue weighted by atomic mass is 10.0. The third-order valence-electron chi connectivity index (χ3n) is 2.50. The van der Waals surface area contributed by atoms with Crippen molar-refractivity contribution >= 4 is 17.5 Å². The van der Waals surface area contributed by atoms with Gasteiger partial charge >= 0.3 is 0 Å². The number of aryl methyl sites for hydroxylation is 1. The standard InChI is InChI=1S/C11H12ClN3O2/c1-6-8(4-13)11(17)15-7(2)9(6)5-14-10(16)3-12/h3,5H2,1-2H3,(H,14,16)(H,15,17). The van der Waals surface area contributed by atoms with Gasteiger partial charge in [-0.05, 0) is 25.0 Å². The second-order valence-corrected chi connectivity index (χ2v) is 3.85. The van der Waals surface area contributed by atoms with Crippen molar-refractivity contribution in [3.05, 3.63) is 32.7 Å². The Labute approximate surface area is 103 Å². The molecule has 90 valence electrons. The summed E-state index contributed by atoms with van der Waals surface area (Å²) in [6, 6.07) is 1.85. The number of aromatic amines is 1. The van der Waals surface area contributed by atoms with Gasteiger partial charge in [-0.25, -0.2) is 0 Å². The number of halogens is 1. The lowest BCUT2D eigenvalue weighted by Crippen LogP contribution is -2.26. The van der Waals surface area contributed by atoms with Crippen molar-refractivity contribution in [2.45, 2.75) is 20.4 Å². The predicted molar refractivity (Wildman–Crippen MR) is 63.8 cm³/mol. The Kier molecular flexibility index (Phi) is 4.30. The largest absolute Gasteiger partial charge is 0.351 e. The van der Waals surface area contributed by atoms with Gasteiger partial charge in [-0.1, -0.05) is 0 Å². The minimum Gasteiger partial charge on any atom is -0.351 e. The van der Waals surface area contributed by atoms with Crippen LogP contribution < -0.4 is 10.9 Å². The molecule has 0 fully saturated rings. The number of rotatable bonds is 3. The van der Waals surface area contributed by atoms with Crippen LogP contribution in [-0.4, -0.2) is 16.8 Å². The number of nitriles is 1. The molecule has 0 radical (unpaired) electrons. The zero-order valence-corrected chi connectivity index (χ0v) is 10.3. The van der Waals surface area contributed by atoms with Crippen molar-refractivity contribution < 1.29 is 4.79 Å². The maximum absolute atomic E-state index is 11.5. The van der Waals surface area contributed by atoms with Crippen LogP contribution in [0.3, 0.4) is 0 Å². The highest BCUT2D eigenvalue weighted by atomic mass is 35.5. The highest BCUT2D eigenvalue weighted by molar-refractivity contribution is 6.27. The first-order valence-electron chi connectivity index (χ1n) is 4.96. The van der Waals surface area contributed by atoms with Crippen molar-refractivity contribution in [1.82, 2.24) is 10.3 Å². The summed E-state index contributed by atoms with van der Waals surface area (Å²) in [6.45, 7) is 3.65. The Morgan fingerprint density at radius 1 is 1.53 bits per heavy atom. The van der Waals surface area contributed by atoms with Crippen molar-refractivity contribution in [3.63, 3.8) is 0 Å². The fourth-order valence-electron chi connectivity index (χ4n) is 1.54. The first-order chi connectivity index (χ1) is 8.01. The molecule has 0 aliphatic carbocycles. The van der Waals surface area contributed by atoms with E-state index in [9.17, 15) is 9.59 Å². The Morgan fingerprint density at radius 2 is 2.18 bits per heavy atom. The van der Waals surface area contributed by atoms with Crippen LogP contribution in [-0.2, 0) is 11.3 Å². The topological polar surface area (TPSA) is 85.8 Å². The second kappa shape index (κ2) is 5.51. The zero-order chi connectivity index (χ0) is 13.0. The normalized spacial score (nSPS) is 9.76. The fraction of sp³-hybridized carbons (Fsp3) is 0.364. The SMILES string of the molecule is Cc1[nH]c(=O)c(C#N)c(C)c1CNC(=O)CCl. The number of hydrogen-bond donors (Lipinski definition) is 2. The van der Waals surface area contributed by atoms with Crippen LogP contribution in [0.4, 0.5) is 0 Å². The smallest absolute Gasteiger partial charge is 0.266 e. The molecule has 0 aliphatic heterocycles. The minimum absolute atomic E-state index is 0.0747. The Morgan fingerprint density at radius 3 is 2.71 bits per heavy atom. The number of nitrogens with one attached hydrogen (secondary N) is 2. The van der Waals surface area contributed by atoms with E-state index in [1.54, 1.807) is 13.8 Å². The summed E-state index contributed by atoms with van der Waals surface area (Å²) >= 11 is 5.36. The molecule has 0 saturated heterocycles. The molecule has 0 bridgehead atoms. The molecule has 2 N–H and O–H groups in total. The van der Waals surface area contributed by atoms with Crippen LogP contribution in [0.15, 0.2) is 4.79 Å². The molecule has 17 heavy (non-hydrogen) atoms. The van der Waals surface area contributed by atoms with Gasteiger partial charge in [0.2, 0.25) is 5.91 Å². The molecule has 0 saturated carbocycles.